The zero-order chi connectivity index (χ0) is 17.3. The third-order valence-electron chi connectivity index (χ3n) is 5.53. The summed E-state index contributed by atoms with van der Waals surface area (Å²) in [5.41, 5.74) is 2.36. The predicted octanol–water partition coefficient (Wildman–Crippen LogP) is 3.15. The van der Waals surface area contributed by atoms with Gasteiger partial charge in [0.15, 0.2) is 5.78 Å². The fourth-order valence-electron chi connectivity index (χ4n) is 4.19. The lowest BCUT2D eigenvalue weighted by molar-refractivity contribution is -0.115. The lowest BCUT2D eigenvalue weighted by Gasteiger charge is -2.37. The van der Waals surface area contributed by atoms with E-state index in [1.165, 1.54) is 0 Å². The molecule has 1 fully saturated rings. The molecule has 0 unspecified atom stereocenters. The van der Waals surface area contributed by atoms with Gasteiger partial charge in [0.25, 0.3) is 0 Å². The maximum Gasteiger partial charge on any atom is 0.167 e. The van der Waals surface area contributed by atoms with Crippen molar-refractivity contribution < 1.29 is 19.1 Å². The van der Waals surface area contributed by atoms with Gasteiger partial charge in [-0.3, -0.25) is 4.79 Å². The first-order valence-corrected chi connectivity index (χ1v) is 8.37. The van der Waals surface area contributed by atoms with E-state index < -0.39 is 0 Å². The van der Waals surface area contributed by atoms with Crippen LogP contribution in [0.2, 0.25) is 0 Å². The molecule has 1 spiro atoms. The molecule has 1 saturated carbocycles. The first-order chi connectivity index (χ1) is 11.5. The Balaban J connectivity index is 2.05. The van der Waals surface area contributed by atoms with Gasteiger partial charge in [0, 0.05) is 18.9 Å². The summed E-state index contributed by atoms with van der Waals surface area (Å²) >= 11 is 0. The second kappa shape index (κ2) is 6.57. The van der Waals surface area contributed by atoms with Crippen LogP contribution in [0.5, 0.6) is 5.75 Å². The molecule has 5 heteroatoms. The number of carbonyl (C=O) groups excluding carboxylic acids is 1. The molecule has 2 aliphatic carbocycles. The van der Waals surface area contributed by atoms with Crippen LogP contribution in [0.15, 0.2) is 24.0 Å². The number of nitrogens with two attached hydrogens (primary N) is 1. The number of ether oxygens (including phenoxy) is 2. The zero-order valence-electron chi connectivity index (χ0n) is 14.6. The zero-order valence-corrected chi connectivity index (χ0v) is 14.6. The summed E-state index contributed by atoms with van der Waals surface area (Å²) in [6, 6.07) is 5.53. The number of benzene rings is 1. The fourth-order valence-corrected chi connectivity index (χ4v) is 4.19. The van der Waals surface area contributed by atoms with E-state index in [1.807, 2.05) is 19.1 Å². The van der Waals surface area contributed by atoms with E-state index in [2.05, 4.69) is 0 Å². The van der Waals surface area contributed by atoms with Gasteiger partial charge in [-0.2, -0.15) is 5.90 Å². The standard InChI is InChI=1S/C19H25NO4/c1-12-4-5-14(24-20)10-15(12)17-16(21)11-19(18(17)23-3)8-6-13(22-2)7-9-19/h4-5,10,13H,6-9,11,20H2,1-3H3. The van der Waals surface area contributed by atoms with Gasteiger partial charge < -0.3 is 14.3 Å². The summed E-state index contributed by atoms with van der Waals surface area (Å²) in [6.07, 6.45) is 4.52. The smallest absolute Gasteiger partial charge is 0.167 e. The SMILES string of the molecule is COC1=C(c2cc(ON)ccc2C)C(=O)CC12CCC(OC)CC2. The molecule has 0 aliphatic heterocycles. The molecule has 1 aromatic rings. The average molecular weight is 331 g/mol. The molecule has 0 atom stereocenters. The Morgan fingerprint density at radius 3 is 2.50 bits per heavy atom. The van der Waals surface area contributed by atoms with Gasteiger partial charge in [-0.15, -0.1) is 0 Å². The van der Waals surface area contributed by atoms with Crippen LogP contribution in [0.3, 0.4) is 0 Å². The largest absolute Gasteiger partial charge is 0.500 e. The highest BCUT2D eigenvalue weighted by Crippen LogP contribution is 2.54. The Kier molecular flexibility index (Phi) is 4.65. The minimum absolute atomic E-state index is 0.139. The number of carbonyl (C=O) groups is 1. The van der Waals surface area contributed by atoms with Crippen molar-refractivity contribution in [2.75, 3.05) is 14.2 Å². The van der Waals surface area contributed by atoms with Gasteiger partial charge in [-0.05, 0) is 55.9 Å². The van der Waals surface area contributed by atoms with Crippen molar-refractivity contribution in [3.8, 4) is 5.75 Å². The minimum Gasteiger partial charge on any atom is -0.500 e. The summed E-state index contributed by atoms with van der Waals surface area (Å²) in [5, 5.41) is 0. The van der Waals surface area contributed by atoms with Crippen LogP contribution >= 0.6 is 0 Å². The highest BCUT2D eigenvalue weighted by molar-refractivity contribution is 6.24. The van der Waals surface area contributed by atoms with Crippen molar-refractivity contribution in [3.05, 3.63) is 35.1 Å². The van der Waals surface area contributed by atoms with Crippen LogP contribution < -0.4 is 10.7 Å². The van der Waals surface area contributed by atoms with Crippen molar-refractivity contribution in [2.45, 2.75) is 45.1 Å². The second-order valence-corrected chi connectivity index (χ2v) is 6.82. The number of methoxy groups -OCH3 is 2. The molecule has 130 valence electrons. The molecular weight excluding hydrogens is 306 g/mol. The normalized spacial score (nSPS) is 27.0. The molecule has 0 heterocycles. The molecule has 0 radical (unpaired) electrons. The van der Waals surface area contributed by atoms with E-state index in [1.54, 1.807) is 20.3 Å². The Labute approximate surface area is 142 Å². The van der Waals surface area contributed by atoms with Gasteiger partial charge in [0.1, 0.15) is 11.5 Å². The van der Waals surface area contributed by atoms with Gasteiger partial charge in [-0.1, -0.05) is 6.07 Å². The van der Waals surface area contributed by atoms with Gasteiger partial charge in [-0.25, -0.2) is 0 Å². The van der Waals surface area contributed by atoms with Crippen molar-refractivity contribution in [1.29, 1.82) is 0 Å². The number of rotatable bonds is 4. The van der Waals surface area contributed by atoms with Gasteiger partial charge in [0.05, 0.1) is 18.8 Å². The van der Waals surface area contributed by atoms with Crippen LogP contribution in [0, 0.1) is 12.3 Å². The molecule has 0 bridgehead atoms. The Morgan fingerprint density at radius 1 is 1.21 bits per heavy atom. The van der Waals surface area contributed by atoms with E-state index in [-0.39, 0.29) is 17.3 Å². The second-order valence-electron chi connectivity index (χ2n) is 6.82. The number of aryl methyl sites for hydroxylation is 1. The molecule has 2 N–H and O–H groups in total. The van der Waals surface area contributed by atoms with Crippen molar-refractivity contribution in [1.82, 2.24) is 0 Å². The van der Waals surface area contributed by atoms with Crippen LogP contribution in [-0.4, -0.2) is 26.1 Å². The van der Waals surface area contributed by atoms with E-state index in [4.69, 9.17) is 20.2 Å². The molecule has 0 amide bonds. The van der Waals surface area contributed by atoms with Crippen molar-refractivity contribution >= 4 is 11.4 Å². The Bertz CT molecular complexity index is 672. The van der Waals surface area contributed by atoms with Crippen LogP contribution in [0.1, 0.15) is 43.2 Å². The molecule has 2 aliphatic rings. The highest BCUT2D eigenvalue weighted by Gasteiger charge is 2.49. The third-order valence-corrected chi connectivity index (χ3v) is 5.53. The van der Waals surface area contributed by atoms with E-state index in [9.17, 15) is 4.79 Å². The molecule has 0 aromatic heterocycles. The predicted molar refractivity (Wildman–Crippen MR) is 91.2 cm³/mol. The first-order valence-electron chi connectivity index (χ1n) is 8.37. The number of ketones is 1. The summed E-state index contributed by atoms with van der Waals surface area (Å²) in [7, 11) is 3.42. The maximum atomic E-state index is 12.9. The molecule has 3 rings (SSSR count). The summed E-state index contributed by atoms with van der Waals surface area (Å²) in [4.78, 5) is 17.7. The topological polar surface area (TPSA) is 70.8 Å². The molecular formula is C19H25NO4. The molecule has 24 heavy (non-hydrogen) atoms. The summed E-state index contributed by atoms with van der Waals surface area (Å²) in [6.45, 7) is 1.98. The average Bonchev–Trinajstić information content (AvgIpc) is 2.87. The summed E-state index contributed by atoms with van der Waals surface area (Å²) < 4.78 is 11.3. The van der Waals surface area contributed by atoms with E-state index in [0.29, 0.717) is 17.7 Å². The van der Waals surface area contributed by atoms with E-state index >= 15 is 0 Å². The van der Waals surface area contributed by atoms with Crippen LogP contribution in [-0.2, 0) is 14.3 Å². The lowest BCUT2D eigenvalue weighted by atomic mass is 9.71. The minimum atomic E-state index is -0.192. The van der Waals surface area contributed by atoms with Gasteiger partial charge in [0.2, 0.25) is 0 Å². The van der Waals surface area contributed by atoms with Crippen LogP contribution in [0.25, 0.3) is 5.57 Å². The van der Waals surface area contributed by atoms with Crippen molar-refractivity contribution in [2.24, 2.45) is 11.3 Å². The molecule has 5 nitrogen and oxygen atoms in total. The summed E-state index contributed by atoms with van der Waals surface area (Å²) in [5.74, 6) is 6.79. The lowest BCUT2D eigenvalue weighted by Crippen LogP contribution is -2.31. The third kappa shape index (κ3) is 2.72. The monoisotopic (exact) mass is 331 g/mol. The number of allylic oxidation sites excluding steroid dienone is 2. The number of hydrogen-bond acceptors (Lipinski definition) is 5. The molecule has 1 aromatic carbocycles. The first kappa shape index (κ1) is 17.0. The maximum absolute atomic E-state index is 12.9. The van der Waals surface area contributed by atoms with Crippen molar-refractivity contribution in [3.63, 3.8) is 0 Å². The van der Waals surface area contributed by atoms with E-state index in [0.717, 1.165) is 42.6 Å². The van der Waals surface area contributed by atoms with Crippen LogP contribution in [0.4, 0.5) is 0 Å². The Hall–Kier alpha value is -1.85. The highest BCUT2D eigenvalue weighted by atomic mass is 16.6. The fraction of sp³-hybridized carbons (Fsp3) is 0.526. The number of hydrogen-bond donors (Lipinski definition) is 1. The molecule has 0 saturated heterocycles. The van der Waals surface area contributed by atoms with Gasteiger partial charge >= 0.3 is 0 Å². The quantitative estimate of drug-likeness (QED) is 0.858. The Morgan fingerprint density at radius 2 is 1.92 bits per heavy atom. The number of Topliss-reactive ketones (excluding diaryl/α,β-unsaturated/α-hetero) is 1.